The van der Waals surface area contributed by atoms with Crippen molar-refractivity contribution in [3.8, 4) is 0 Å². The van der Waals surface area contributed by atoms with Crippen LogP contribution in [0.1, 0.15) is 63.0 Å². The maximum atomic E-state index is 12.7. The van der Waals surface area contributed by atoms with Crippen molar-refractivity contribution in [2.45, 2.75) is 51.0 Å². The highest BCUT2D eigenvalue weighted by molar-refractivity contribution is 7.14. The van der Waals surface area contributed by atoms with Gasteiger partial charge in [0.05, 0.1) is 10.9 Å². The lowest BCUT2D eigenvalue weighted by atomic mass is 9.87. The van der Waals surface area contributed by atoms with Crippen LogP contribution in [0.3, 0.4) is 0 Å². The molecule has 128 valence electrons. The summed E-state index contributed by atoms with van der Waals surface area (Å²) in [6.07, 6.45) is 7.94. The second kappa shape index (κ2) is 7.16. The van der Waals surface area contributed by atoms with E-state index in [0.717, 1.165) is 42.7 Å². The van der Waals surface area contributed by atoms with Crippen LogP contribution in [-0.4, -0.2) is 5.91 Å². The van der Waals surface area contributed by atoms with Crippen LogP contribution < -0.4 is 11.1 Å². The Kier molecular flexibility index (Phi) is 5.16. The number of carbonyl (C=O) groups is 1. The first kappa shape index (κ1) is 17.3. The van der Waals surface area contributed by atoms with E-state index in [1.54, 1.807) is 11.3 Å². The number of fused-ring (bicyclic) bond motifs is 2. The van der Waals surface area contributed by atoms with Gasteiger partial charge in [-0.1, -0.05) is 6.07 Å². The van der Waals surface area contributed by atoms with Gasteiger partial charge in [0, 0.05) is 10.6 Å². The summed E-state index contributed by atoms with van der Waals surface area (Å²) in [7, 11) is 0. The monoisotopic (exact) mass is 362 g/mol. The molecule has 1 heterocycles. The number of rotatable bonds is 2. The molecule has 0 radical (unpaired) electrons. The van der Waals surface area contributed by atoms with Crippen molar-refractivity contribution in [1.29, 1.82) is 0 Å². The Morgan fingerprint density at radius 2 is 1.88 bits per heavy atom. The fourth-order valence-corrected chi connectivity index (χ4v) is 4.97. The third-order valence-electron chi connectivity index (χ3n) is 5.01. The summed E-state index contributed by atoms with van der Waals surface area (Å²) in [4.78, 5) is 15.0. The van der Waals surface area contributed by atoms with Crippen LogP contribution >= 0.6 is 23.7 Å². The maximum Gasteiger partial charge on any atom is 0.261 e. The second-order valence-electron chi connectivity index (χ2n) is 6.64. The average Bonchev–Trinajstić information content (AvgIpc) is 2.99. The highest BCUT2D eigenvalue weighted by atomic mass is 35.5. The number of carbonyl (C=O) groups excluding carboxylic acids is 1. The summed E-state index contributed by atoms with van der Waals surface area (Å²) in [5, 5.41) is 3.25. The summed E-state index contributed by atoms with van der Waals surface area (Å²) in [5.74, 6) is 0.0825. The molecule has 0 aliphatic heterocycles. The van der Waals surface area contributed by atoms with E-state index in [1.807, 2.05) is 6.07 Å². The second-order valence-corrected chi connectivity index (χ2v) is 7.78. The topological polar surface area (TPSA) is 55.1 Å². The Bertz CT molecular complexity index is 732. The molecule has 2 aliphatic rings. The minimum absolute atomic E-state index is 0. The van der Waals surface area contributed by atoms with Gasteiger partial charge < -0.3 is 11.1 Å². The third kappa shape index (κ3) is 3.31. The number of benzene rings is 1. The Morgan fingerprint density at radius 3 is 2.71 bits per heavy atom. The van der Waals surface area contributed by atoms with Gasteiger partial charge in [0.25, 0.3) is 5.91 Å². The van der Waals surface area contributed by atoms with E-state index < -0.39 is 0 Å². The molecule has 1 aromatic heterocycles. The molecule has 4 rings (SSSR count). The maximum absolute atomic E-state index is 12.7. The number of anilines is 1. The van der Waals surface area contributed by atoms with E-state index in [-0.39, 0.29) is 24.4 Å². The number of nitrogen functional groups attached to an aromatic ring is 1. The van der Waals surface area contributed by atoms with Gasteiger partial charge in [0.15, 0.2) is 0 Å². The van der Waals surface area contributed by atoms with E-state index in [4.69, 9.17) is 5.73 Å². The average molecular weight is 363 g/mol. The van der Waals surface area contributed by atoms with E-state index in [9.17, 15) is 4.79 Å². The van der Waals surface area contributed by atoms with Crippen LogP contribution in [0.15, 0.2) is 24.3 Å². The Hall–Kier alpha value is -1.52. The number of aryl methyl sites for hydroxylation is 3. The van der Waals surface area contributed by atoms with Crippen LogP contribution in [-0.2, 0) is 19.3 Å². The van der Waals surface area contributed by atoms with Crippen molar-refractivity contribution >= 4 is 35.3 Å². The Labute approximate surface area is 153 Å². The molecule has 0 saturated heterocycles. The Balaban J connectivity index is 0.00000169. The normalized spacial score (nSPS) is 18.9. The molecule has 1 aromatic carbocycles. The van der Waals surface area contributed by atoms with E-state index in [1.165, 1.54) is 34.4 Å². The molecule has 0 saturated carbocycles. The molecule has 2 aliphatic carbocycles. The Morgan fingerprint density at radius 1 is 1.08 bits per heavy atom. The summed E-state index contributed by atoms with van der Waals surface area (Å²) in [6, 6.07) is 8.30. The van der Waals surface area contributed by atoms with Gasteiger partial charge >= 0.3 is 0 Å². The first-order valence-electron chi connectivity index (χ1n) is 8.51. The third-order valence-corrected chi connectivity index (χ3v) is 6.24. The minimum Gasteiger partial charge on any atom is -0.399 e. The number of thiophene rings is 1. The molecule has 5 heteroatoms. The molecule has 1 atom stereocenters. The zero-order valence-electron chi connectivity index (χ0n) is 13.6. The fraction of sp³-hybridized carbons (Fsp3) is 0.421. The first-order chi connectivity index (χ1) is 11.2. The molecular weight excluding hydrogens is 340 g/mol. The van der Waals surface area contributed by atoms with Crippen LogP contribution in [0.2, 0.25) is 0 Å². The molecule has 0 fully saturated rings. The standard InChI is InChI=1S/C19H22N2OS.ClH/c20-14-8-9-15-12(10-14)5-3-6-16(15)21-19(22)18-11-13-4-1-2-7-17(13)23-18;/h8-11,16H,1-7,20H2,(H,21,22);1H. The lowest BCUT2D eigenvalue weighted by Gasteiger charge is -2.26. The molecule has 0 bridgehead atoms. The number of amides is 1. The van der Waals surface area contributed by atoms with E-state index in [0.29, 0.717) is 0 Å². The number of nitrogens with two attached hydrogens (primary N) is 1. The van der Waals surface area contributed by atoms with Crippen LogP contribution in [0.4, 0.5) is 5.69 Å². The quantitative estimate of drug-likeness (QED) is 0.776. The van der Waals surface area contributed by atoms with Crippen molar-refractivity contribution in [2.24, 2.45) is 0 Å². The smallest absolute Gasteiger partial charge is 0.261 e. The molecule has 3 N–H and O–H groups in total. The predicted molar refractivity (Wildman–Crippen MR) is 102 cm³/mol. The van der Waals surface area contributed by atoms with E-state index in [2.05, 4.69) is 23.5 Å². The van der Waals surface area contributed by atoms with Crippen LogP contribution in [0.5, 0.6) is 0 Å². The van der Waals surface area contributed by atoms with Crippen LogP contribution in [0.25, 0.3) is 0 Å². The van der Waals surface area contributed by atoms with Crippen molar-refractivity contribution in [1.82, 2.24) is 5.32 Å². The lowest BCUT2D eigenvalue weighted by Crippen LogP contribution is -2.30. The number of hydrogen-bond acceptors (Lipinski definition) is 3. The molecule has 3 nitrogen and oxygen atoms in total. The van der Waals surface area contributed by atoms with Gasteiger partial charge in [0.2, 0.25) is 0 Å². The number of hydrogen-bond donors (Lipinski definition) is 2. The first-order valence-corrected chi connectivity index (χ1v) is 9.33. The van der Waals surface area contributed by atoms with Crippen molar-refractivity contribution in [2.75, 3.05) is 5.73 Å². The summed E-state index contributed by atoms with van der Waals surface area (Å²) >= 11 is 1.68. The minimum atomic E-state index is 0. The molecule has 0 spiro atoms. The highest BCUT2D eigenvalue weighted by Gasteiger charge is 2.24. The lowest BCUT2D eigenvalue weighted by molar-refractivity contribution is 0.0937. The SMILES string of the molecule is Cl.Nc1ccc2c(c1)CCCC2NC(=O)c1cc2c(s1)CCCC2. The van der Waals surface area contributed by atoms with Gasteiger partial charge in [-0.05, 0) is 79.8 Å². The van der Waals surface area contributed by atoms with Gasteiger partial charge in [-0.25, -0.2) is 0 Å². The molecule has 1 unspecified atom stereocenters. The van der Waals surface area contributed by atoms with Gasteiger partial charge in [0.1, 0.15) is 0 Å². The van der Waals surface area contributed by atoms with Crippen molar-refractivity contribution < 1.29 is 4.79 Å². The van der Waals surface area contributed by atoms with Gasteiger partial charge in [-0.3, -0.25) is 4.79 Å². The predicted octanol–water partition coefficient (Wildman–Crippen LogP) is 4.44. The summed E-state index contributed by atoms with van der Waals surface area (Å²) < 4.78 is 0. The molecular formula is C19H23ClN2OS. The fourth-order valence-electron chi connectivity index (χ4n) is 3.82. The van der Waals surface area contributed by atoms with Crippen LogP contribution in [0, 0.1) is 0 Å². The zero-order chi connectivity index (χ0) is 15.8. The van der Waals surface area contributed by atoms with Gasteiger partial charge in [-0.15, -0.1) is 23.7 Å². The van der Waals surface area contributed by atoms with E-state index >= 15 is 0 Å². The molecule has 1 amide bonds. The number of halogens is 1. The van der Waals surface area contributed by atoms with Crippen molar-refractivity contribution in [3.05, 3.63) is 50.7 Å². The largest absolute Gasteiger partial charge is 0.399 e. The summed E-state index contributed by atoms with van der Waals surface area (Å²) in [6.45, 7) is 0. The van der Waals surface area contributed by atoms with Gasteiger partial charge in [-0.2, -0.15) is 0 Å². The van der Waals surface area contributed by atoms with Crippen molar-refractivity contribution in [3.63, 3.8) is 0 Å². The highest BCUT2D eigenvalue weighted by Crippen LogP contribution is 2.33. The number of nitrogens with one attached hydrogen (secondary N) is 1. The summed E-state index contributed by atoms with van der Waals surface area (Å²) in [5.41, 5.74) is 10.6. The zero-order valence-corrected chi connectivity index (χ0v) is 15.3. The molecule has 24 heavy (non-hydrogen) atoms. The molecule has 2 aromatic rings.